The van der Waals surface area contributed by atoms with Crippen LogP contribution in [0, 0.1) is 5.92 Å². The molecule has 0 N–H and O–H groups in total. The first-order valence-electron chi connectivity index (χ1n) is 9.99. The Labute approximate surface area is 175 Å². The minimum absolute atomic E-state index is 0.0475. The van der Waals surface area contributed by atoms with E-state index in [4.69, 9.17) is 18.9 Å². The van der Waals surface area contributed by atoms with E-state index in [0.717, 1.165) is 5.56 Å². The zero-order valence-corrected chi connectivity index (χ0v) is 17.0. The summed E-state index contributed by atoms with van der Waals surface area (Å²) in [6.07, 6.45) is 2.72. The molecule has 0 bridgehead atoms. The first-order valence-corrected chi connectivity index (χ1v) is 9.99. The van der Waals surface area contributed by atoms with Gasteiger partial charge < -0.3 is 18.9 Å². The molecule has 2 aliphatic rings. The summed E-state index contributed by atoms with van der Waals surface area (Å²) in [6, 6.07) is 14.3. The molecule has 0 amide bonds. The Morgan fingerprint density at radius 3 is 2.50 bits per heavy atom. The second-order valence-electron chi connectivity index (χ2n) is 7.45. The summed E-state index contributed by atoms with van der Waals surface area (Å²) in [5.74, 6) is 0.617. The van der Waals surface area contributed by atoms with Crippen LogP contribution in [0.2, 0.25) is 0 Å². The van der Waals surface area contributed by atoms with Gasteiger partial charge >= 0.3 is 5.97 Å². The minimum atomic E-state index is -0.345. The van der Waals surface area contributed by atoms with E-state index in [-0.39, 0.29) is 29.9 Å². The van der Waals surface area contributed by atoms with Crippen LogP contribution < -0.4 is 9.47 Å². The maximum Gasteiger partial charge on any atom is 0.338 e. The number of methoxy groups -OCH3 is 2. The molecular formula is C24H24O6. The summed E-state index contributed by atoms with van der Waals surface area (Å²) in [5.41, 5.74) is 1.78. The first kappa shape index (κ1) is 20.0. The van der Waals surface area contributed by atoms with Crippen molar-refractivity contribution in [3.8, 4) is 11.5 Å². The van der Waals surface area contributed by atoms with E-state index in [9.17, 15) is 9.59 Å². The van der Waals surface area contributed by atoms with Crippen LogP contribution in [0.5, 0.6) is 11.5 Å². The molecular weight excluding hydrogens is 384 g/mol. The van der Waals surface area contributed by atoms with Gasteiger partial charge in [-0.25, -0.2) is 4.79 Å². The average molecular weight is 408 g/mol. The van der Waals surface area contributed by atoms with Crippen molar-refractivity contribution in [1.29, 1.82) is 0 Å². The number of hydrogen-bond donors (Lipinski definition) is 0. The zero-order valence-electron chi connectivity index (χ0n) is 17.0. The number of ether oxygens (including phenoxy) is 4. The SMILES string of the molecule is COc1ccc(C2=COC3CC(OC(=O)c4ccccc4)CCC3C2=O)cc1OC. The van der Waals surface area contributed by atoms with Gasteiger partial charge in [0.15, 0.2) is 17.3 Å². The maximum absolute atomic E-state index is 13.1. The summed E-state index contributed by atoms with van der Waals surface area (Å²) in [6.45, 7) is 0. The van der Waals surface area contributed by atoms with Crippen molar-refractivity contribution >= 4 is 17.3 Å². The Morgan fingerprint density at radius 1 is 1.00 bits per heavy atom. The number of benzene rings is 2. The highest BCUT2D eigenvalue weighted by atomic mass is 16.5. The lowest BCUT2D eigenvalue weighted by atomic mass is 9.78. The van der Waals surface area contributed by atoms with Gasteiger partial charge in [0.1, 0.15) is 12.2 Å². The molecule has 0 saturated heterocycles. The molecule has 1 saturated carbocycles. The lowest BCUT2D eigenvalue weighted by molar-refractivity contribution is -0.126. The van der Waals surface area contributed by atoms with Gasteiger partial charge in [-0.05, 0) is 42.7 Å². The third kappa shape index (κ3) is 3.90. The molecule has 3 unspecified atom stereocenters. The average Bonchev–Trinajstić information content (AvgIpc) is 2.79. The Morgan fingerprint density at radius 2 is 1.77 bits per heavy atom. The fraction of sp³-hybridized carbons (Fsp3) is 0.333. The molecule has 0 radical (unpaired) electrons. The molecule has 2 aromatic carbocycles. The van der Waals surface area contributed by atoms with E-state index < -0.39 is 0 Å². The molecule has 1 aliphatic carbocycles. The van der Waals surface area contributed by atoms with Crippen molar-refractivity contribution in [2.24, 2.45) is 5.92 Å². The predicted octanol–water partition coefficient (Wildman–Crippen LogP) is 4.04. The Balaban J connectivity index is 1.46. The molecule has 3 atom stereocenters. The number of allylic oxidation sites excluding steroid dienone is 1. The lowest BCUT2D eigenvalue weighted by Crippen LogP contribution is -2.42. The van der Waals surface area contributed by atoms with E-state index in [1.165, 1.54) is 6.26 Å². The third-order valence-electron chi connectivity index (χ3n) is 5.68. The molecule has 156 valence electrons. The second-order valence-corrected chi connectivity index (χ2v) is 7.45. The van der Waals surface area contributed by atoms with Crippen molar-refractivity contribution in [2.75, 3.05) is 14.2 Å². The highest BCUT2D eigenvalue weighted by Crippen LogP contribution is 2.39. The van der Waals surface area contributed by atoms with E-state index in [1.807, 2.05) is 12.1 Å². The number of hydrogen-bond acceptors (Lipinski definition) is 6. The van der Waals surface area contributed by atoms with Crippen molar-refractivity contribution in [2.45, 2.75) is 31.5 Å². The normalized spacial score (nSPS) is 22.9. The maximum atomic E-state index is 13.1. The molecule has 2 aromatic rings. The Bertz CT molecular complexity index is 965. The van der Waals surface area contributed by atoms with Crippen LogP contribution >= 0.6 is 0 Å². The summed E-state index contributed by atoms with van der Waals surface area (Å²) in [4.78, 5) is 25.5. The standard InChI is InChI=1S/C24H24O6/c1-27-20-11-8-16(12-22(20)28-2)19-14-29-21-13-17(9-10-18(21)23(19)25)30-24(26)15-6-4-3-5-7-15/h3-8,11-12,14,17-18,21H,9-10,13H2,1-2H3. The van der Waals surface area contributed by atoms with Crippen molar-refractivity contribution in [1.82, 2.24) is 0 Å². The van der Waals surface area contributed by atoms with Gasteiger partial charge in [0.25, 0.3) is 0 Å². The largest absolute Gasteiger partial charge is 0.496 e. The molecule has 1 aliphatic heterocycles. The van der Waals surface area contributed by atoms with Crippen LogP contribution in [0.1, 0.15) is 35.2 Å². The summed E-state index contributed by atoms with van der Waals surface area (Å²) < 4.78 is 22.2. The van der Waals surface area contributed by atoms with Gasteiger partial charge in [-0.1, -0.05) is 24.3 Å². The summed E-state index contributed by atoms with van der Waals surface area (Å²) in [5, 5.41) is 0. The van der Waals surface area contributed by atoms with E-state index in [1.54, 1.807) is 50.6 Å². The van der Waals surface area contributed by atoms with Crippen LogP contribution in [0.4, 0.5) is 0 Å². The van der Waals surface area contributed by atoms with Gasteiger partial charge in [-0.2, -0.15) is 0 Å². The van der Waals surface area contributed by atoms with Crippen LogP contribution in [0.15, 0.2) is 54.8 Å². The molecule has 30 heavy (non-hydrogen) atoms. The number of carbonyl (C=O) groups is 2. The Kier molecular flexibility index (Phi) is 5.74. The van der Waals surface area contributed by atoms with E-state index in [2.05, 4.69) is 0 Å². The molecule has 6 nitrogen and oxygen atoms in total. The van der Waals surface area contributed by atoms with E-state index in [0.29, 0.717) is 41.9 Å². The van der Waals surface area contributed by atoms with Gasteiger partial charge in [-0.3, -0.25) is 4.79 Å². The van der Waals surface area contributed by atoms with Gasteiger partial charge in [0.05, 0.1) is 37.5 Å². The number of esters is 1. The quantitative estimate of drug-likeness (QED) is 0.696. The summed E-state index contributed by atoms with van der Waals surface area (Å²) in [7, 11) is 3.13. The number of fused-ring (bicyclic) bond motifs is 1. The van der Waals surface area contributed by atoms with Gasteiger partial charge in [0, 0.05) is 6.42 Å². The van der Waals surface area contributed by atoms with Crippen LogP contribution in [-0.4, -0.2) is 38.2 Å². The highest BCUT2D eigenvalue weighted by Gasteiger charge is 2.41. The topological polar surface area (TPSA) is 71.1 Å². The van der Waals surface area contributed by atoms with Gasteiger partial charge in [0.2, 0.25) is 0 Å². The van der Waals surface area contributed by atoms with Crippen molar-refractivity contribution < 1.29 is 28.5 Å². The second kappa shape index (κ2) is 8.61. The molecule has 0 aromatic heterocycles. The predicted molar refractivity (Wildman–Crippen MR) is 110 cm³/mol. The fourth-order valence-corrected chi connectivity index (χ4v) is 4.07. The molecule has 1 heterocycles. The number of ketones is 1. The highest BCUT2D eigenvalue weighted by molar-refractivity contribution is 6.22. The monoisotopic (exact) mass is 408 g/mol. The lowest BCUT2D eigenvalue weighted by Gasteiger charge is -2.37. The van der Waals surface area contributed by atoms with Crippen LogP contribution in [0.3, 0.4) is 0 Å². The number of rotatable bonds is 5. The van der Waals surface area contributed by atoms with Crippen molar-refractivity contribution in [3.63, 3.8) is 0 Å². The molecule has 6 heteroatoms. The summed E-state index contributed by atoms with van der Waals surface area (Å²) >= 11 is 0. The van der Waals surface area contributed by atoms with Crippen LogP contribution in [-0.2, 0) is 14.3 Å². The smallest absolute Gasteiger partial charge is 0.338 e. The van der Waals surface area contributed by atoms with E-state index >= 15 is 0 Å². The first-order chi connectivity index (χ1) is 14.6. The molecule has 1 fully saturated rings. The number of Topliss-reactive ketones (excluding diaryl/α,β-unsaturated/α-hetero) is 1. The van der Waals surface area contributed by atoms with Gasteiger partial charge in [-0.15, -0.1) is 0 Å². The Hall–Kier alpha value is -3.28. The zero-order chi connectivity index (χ0) is 21.1. The fourth-order valence-electron chi connectivity index (χ4n) is 4.07. The third-order valence-corrected chi connectivity index (χ3v) is 5.68. The minimum Gasteiger partial charge on any atom is -0.496 e. The number of carbonyl (C=O) groups excluding carboxylic acids is 2. The molecule has 0 spiro atoms. The molecule has 4 rings (SSSR count). The van der Waals surface area contributed by atoms with Crippen molar-refractivity contribution in [3.05, 3.63) is 65.9 Å². The van der Waals surface area contributed by atoms with Crippen LogP contribution in [0.25, 0.3) is 5.57 Å².